The minimum absolute atomic E-state index is 0.0699. The van der Waals surface area contributed by atoms with Crippen LogP contribution >= 0.6 is 23.1 Å². The number of amides is 1. The lowest BCUT2D eigenvalue weighted by Gasteiger charge is -2.49. The van der Waals surface area contributed by atoms with E-state index in [2.05, 4.69) is 6.92 Å². The first-order valence-corrected chi connectivity index (χ1v) is 9.36. The molecule has 22 heavy (non-hydrogen) atoms. The van der Waals surface area contributed by atoms with Crippen molar-refractivity contribution in [1.29, 1.82) is 0 Å². The van der Waals surface area contributed by atoms with Gasteiger partial charge in [0.2, 0.25) is 0 Å². The first kappa shape index (κ1) is 17.8. The van der Waals surface area contributed by atoms with E-state index in [1.54, 1.807) is 30.2 Å². The average Bonchev–Trinajstić information content (AvgIpc) is 2.90. The Kier molecular flexibility index (Phi) is 5.59. The number of thioether (sulfide) groups is 1. The molecule has 1 aliphatic rings. The zero-order valence-corrected chi connectivity index (χ0v) is 15.4. The topological polar surface area (TPSA) is 49.8 Å². The number of thiophene rings is 1. The first-order chi connectivity index (χ1) is 10.3. The molecule has 2 rings (SSSR count). The summed E-state index contributed by atoms with van der Waals surface area (Å²) in [5, 5.41) is 10.8. The molecule has 1 aromatic heterocycles. The van der Waals surface area contributed by atoms with Crippen molar-refractivity contribution in [2.45, 2.75) is 37.0 Å². The summed E-state index contributed by atoms with van der Waals surface area (Å²) >= 11 is 3.31. The summed E-state index contributed by atoms with van der Waals surface area (Å²) in [6, 6.07) is 3.93. The van der Waals surface area contributed by atoms with Crippen LogP contribution in [-0.2, 0) is 4.74 Å². The van der Waals surface area contributed by atoms with E-state index in [0.717, 1.165) is 10.6 Å². The van der Waals surface area contributed by atoms with Crippen LogP contribution in [-0.4, -0.2) is 54.1 Å². The maximum atomic E-state index is 12.7. The highest BCUT2D eigenvalue weighted by Gasteiger charge is 2.48. The van der Waals surface area contributed by atoms with Gasteiger partial charge in [-0.15, -0.1) is 23.1 Å². The van der Waals surface area contributed by atoms with Gasteiger partial charge in [0.15, 0.2) is 0 Å². The van der Waals surface area contributed by atoms with Crippen LogP contribution in [0, 0.1) is 5.41 Å². The van der Waals surface area contributed by atoms with E-state index in [-0.39, 0.29) is 5.91 Å². The summed E-state index contributed by atoms with van der Waals surface area (Å²) < 4.78 is 6.36. The Bertz CT molecular complexity index is 529. The van der Waals surface area contributed by atoms with Crippen LogP contribution in [0.4, 0.5) is 0 Å². The lowest BCUT2D eigenvalue weighted by Crippen LogP contribution is -2.60. The second kappa shape index (κ2) is 6.91. The summed E-state index contributed by atoms with van der Waals surface area (Å²) in [4.78, 5) is 15.3. The second-order valence-corrected chi connectivity index (χ2v) is 9.02. The van der Waals surface area contributed by atoms with Gasteiger partial charge in [-0.3, -0.25) is 4.79 Å². The van der Waals surface area contributed by atoms with Crippen LogP contribution < -0.4 is 0 Å². The van der Waals surface area contributed by atoms with Gasteiger partial charge < -0.3 is 14.7 Å². The number of methoxy groups -OCH3 is 1. The number of aliphatic hydroxyl groups is 1. The van der Waals surface area contributed by atoms with Crippen LogP contribution in [0.25, 0.3) is 0 Å². The van der Waals surface area contributed by atoms with Crippen molar-refractivity contribution in [1.82, 2.24) is 4.90 Å². The van der Waals surface area contributed by atoms with Gasteiger partial charge in [-0.25, -0.2) is 0 Å². The minimum atomic E-state index is -0.878. The predicted octanol–water partition coefficient (Wildman–Crippen LogP) is 3.11. The largest absolute Gasteiger partial charge is 0.387 e. The molecule has 4 nitrogen and oxygen atoms in total. The third kappa shape index (κ3) is 3.50. The van der Waals surface area contributed by atoms with E-state index in [1.165, 1.54) is 4.21 Å². The molecule has 1 aromatic rings. The number of rotatable bonds is 5. The maximum Gasteiger partial charge on any atom is 0.263 e. The van der Waals surface area contributed by atoms with Gasteiger partial charge in [-0.05, 0) is 24.3 Å². The number of ether oxygens (including phenoxy) is 1. The fraction of sp³-hybridized carbons (Fsp3) is 0.688. The highest BCUT2D eigenvalue weighted by Crippen LogP contribution is 2.39. The summed E-state index contributed by atoms with van der Waals surface area (Å²) in [6.07, 6.45) is 0.543. The van der Waals surface area contributed by atoms with Gasteiger partial charge in [0.25, 0.3) is 5.91 Å². The molecule has 1 amide bonds. The lowest BCUT2D eigenvalue weighted by atomic mass is 9.70. The Morgan fingerprint density at radius 1 is 1.50 bits per heavy atom. The smallest absolute Gasteiger partial charge is 0.263 e. The molecule has 6 heteroatoms. The fourth-order valence-electron chi connectivity index (χ4n) is 2.85. The Balaban J connectivity index is 2.09. The Hall–Kier alpha value is -0.560. The standard InChI is InChI=1S/C16H25NO3S2/c1-5-21-13-7-6-12(22-13)14(18)17-9-8-16(19,11-20-4)15(2,3)10-17/h6-7,19H,5,8-11H2,1-4H3/t16-/m1/s1. The summed E-state index contributed by atoms with van der Waals surface area (Å²) in [6.45, 7) is 7.51. The van der Waals surface area contributed by atoms with Crippen molar-refractivity contribution in [3.8, 4) is 0 Å². The highest BCUT2D eigenvalue weighted by atomic mass is 32.2. The molecule has 0 aromatic carbocycles. The van der Waals surface area contributed by atoms with Gasteiger partial charge >= 0.3 is 0 Å². The van der Waals surface area contributed by atoms with Gasteiger partial charge in [-0.1, -0.05) is 20.8 Å². The molecule has 1 fully saturated rings. The fourth-order valence-corrected chi connectivity index (χ4v) is 4.86. The van der Waals surface area contributed by atoms with Gasteiger partial charge in [0, 0.05) is 25.6 Å². The number of nitrogens with zero attached hydrogens (tertiary/aromatic N) is 1. The van der Waals surface area contributed by atoms with Crippen molar-refractivity contribution >= 4 is 29.0 Å². The molecule has 0 bridgehead atoms. The third-order valence-corrected chi connectivity index (χ3v) is 6.57. The molecule has 0 radical (unpaired) electrons. The van der Waals surface area contributed by atoms with Gasteiger partial charge in [-0.2, -0.15) is 0 Å². The number of hydrogen-bond donors (Lipinski definition) is 1. The minimum Gasteiger partial charge on any atom is -0.387 e. The summed E-state index contributed by atoms with van der Waals surface area (Å²) in [7, 11) is 1.60. The highest BCUT2D eigenvalue weighted by molar-refractivity contribution is 8.01. The van der Waals surface area contributed by atoms with E-state index >= 15 is 0 Å². The Morgan fingerprint density at radius 2 is 2.23 bits per heavy atom. The number of piperidine rings is 1. The molecule has 1 N–H and O–H groups in total. The second-order valence-electron chi connectivity index (χ2n) is 6.38. The van der Waals surface area contributed by atoms with Crippen molar-refractivity contribution < 1.29 is 14.6 Å². The average molecular weight is 344 g/mol. The normalized spacial score (nSPS) is 24.5. The number of likely N-dealkylation sites (tertiary alicyclic amines) is 1. The van der Waals surface area contributed by atoms with Crippen molar-refractivity contribution in [2.24, 2.45) is 5.41 Å². The Labute approximate surface area is 140 Å². The molecule has 0 saturated carbocycles. The maximum absolute atomic E-state index is 12.7. The van der Waals surface area contributed by atoms with Crippen LogP contribution in [0.1, 0.15) is 36.9 Å². The third-order valence-electron chi connectivity index (χ3n) is 4.39. The van der Waals surface area contributed by atoms with Crippen LogP contribution in [0.15, 0.2) is 16.3 Å². The van der Waals surface area contributed by atoms with Crippen LogP contribution in [0.3, 0.4) is 0 Å². The number of carbonyl (C=O) groups excluding carboxylic acids is 1. The van der Waals surface area contributed by atoms with Gasteiger partial charge in [0.05, 0.1) is 21.3 Å². The molecular formula is C16H25NO3S2. The Morgan fingerprint density at radius 3 is 2.82 bits per heavy atom. The summed E-state index contributed by atoms with van der Waals surface area (Å²) in [5.41, 5.74) is -1.27. The van der Waals surface area contributed by atoms with Crippen LogP contribution in [0.2, 0.25) is 0 Å². The number of carbonyl (C=O) groups is 1. The predicted molar refractivity (Wildman–Crippen MR) is 91.8 cm³/mol. The zero-order valence-electron chi connectivity index (χ0n) is 13.7. The van der Waals surface area contributed by atoms with E-state index in [4.69, 9.17) is 4.74 Å². The lowest BCUT2D eigenvalue weighted by molar-refractivity contribution is -0.144. The number of hydrogen-bond acceptors (Lipinski definition) is 5. The molecule has 2 heterocycles. The molecule has 124 valence electrons. The van der Waals surface area contributed by atoms with Crippen molar-refractivity contribution in [3.63, 3.8) is 0 Å². The van der Waals surface area contributed by atoms with E-state index in [9.17, 15) is 9.90 Å². The molecule has 1 saturated heterocycles. The van der Waals surface area contributed by atoms with Crippen molar-refractivity contribution in [3.05, 3.63) is 17.0 Å². The van der Waals surface area contributed by atoms with Crippen molar-refractivity contribution in [2.75, 3.05) is 32.6 Å². The van der Waals surface area contributed by atoms with Crippen LogP contribution in [0.5, 0.6) is 0 Å². The molecule has 0 aliphatic carbocycles. The zero-order chi connectivity index (χ0) is 16.4. The van der Waals surface area contributed by atoms with Gasteiger partial charge in [0.1, 0.15) is 0 Å². The van der Waals surface area contributed by atoms with E-state index < -0.39 is 11.0 Å². The molecule has 1 aliphatic heterocycles. The summed E-state index contributed by atoms with van der Waals surface area (Å²) in [5.74, 6) is 1.08. The SMILES string of the molecule is CCSc1ccc(C(=O)N2CC[C@@](O)(COC)C(C)(C)C2)s1. The van der Waals surface area contributed by atoms with E-state index in [1.807, 2.05) is 30.9 Å². The molecule has 0 unspecified atom stereocenters. The molecular weight excluding hydrogens is 318 g/mol. The van der Waals surface area contributed by atoms with E-state index in [0.29, 0.717) is 26.1 Å². The quantitative estimate of drug-likeness (QED) is 0.835. The monoisotopic (exact) mass is 343 g/mol. The first-order valence-electron chi connectivity index (χ1n) is 7.56. The molecule has 0 spiro atoms. The molecule has 1 atom stereocenters.